The molecule has 1 nitrogen and oxygen atoms in total. The van der Waals surface area contributed by atoms with Gasteiger partial charge in [0.25, 0.3) is 0 Å². The second-order valence-electron chi connectivity index (χ2n) is 8.05. The number of ether oxygens (including phenoxy) is 1. The van der Waals surface area contributed by atoms with Crippen LogP contribution in [-0.4, -0.2) is 13.7 Å². The predicted octanol–water partition coefficient (Wildman–Crippen LogP) is 5.81. The number of allylic oxidation sites excluding steroid dienone is 2. The van der Waals surface area contributed by atoms with Gasteiger partial charge < -0.3 is 4.74 Å². The normalized spacial score (nSPS) is 18.6. The minimum atomic E-state index is -1.56. The fraction of sp³-hybridized carbons (Fsp3) is 0.474. The zero-order valence-electron chi connectivity index (χ0n) is 14.4. The predicted molar refractivity (Wildman–Crippen MR) is 94.9 cm³/mol. The molecule has 1 aliphatic heterocycles. The van der Waals surface area contributed by atoms with Crippen LogP contribution < -0.4 is 0 Å². The van der Waals surface area contributed by atoms with Crippen molar-refractivity contribution in [2.24, 2.45) is 0 Å². The van der Waals surface area contributed by atoms with Crippen LogP contribution in [0.15, 0.2) is 47.7 Å². The molecule has 1 heterocycles. The Bertz CT molecular complexity index is 571. The van der Waals surface area contributed by atoms with E-state index < -0.39 is 8.07 Å². The van der Waals surface area contributed by atoms with Crippen molar-refractivity contribution >= 4 is 13.8 Å². The van der Waals surface area contributed by atoms with Crippen LogP contribution in [0.3, 0.4) is 0 Å². The quantitative estimate of drug-likeness (QED) is 0.626. The molecule has 1 aromatic rings. The average Bonchev–Trinajstić information content (AvgIpc) is 2.36. The molecule has 2 heteroatoms. The van der Waals surface area contributed by atoms with Crippen molar-refractivity contribution in [2.45, 2.75) is 58.4 Å². The molecule has 0 unspecified atom stereocenters. The minimum Gasteiger partial charge on any atom is -0.483 e. The zero-order chi connectivity index (χ0) is 15.9. The molecule has 0 saturated heterocycles. The Kier molecular flexibility index (Phi) is 3.96. The van der Waals surface area contributed by atoms with Crippen molar-refractivity contribution in [1.29, 1.82) is 0 Å². The van der Waals surface area contributed by atoms with Crippen LogP contribution in [0.1, 0.15) is 40.2 Å². The van der Waals surface area contributed by atoms with Gasteiger partial charge in [0.2, 0.25) is 0 Å². The first-order valence-electron chi connectivity index (χ1n) is 7.72. The molecule has 114 valence electrons. The number of hydrogen-bond donors (Lipinski definition) is 0. The van der Waals surface area contributed by atoms with E-state index in [1.165, 1.54) is 5.20 Å². The van der Waals surface area contributed by atoms with E-state index in [4.69, 9.17) is 4.74 Å². The summed E-state index contributed by atoms with van der Waals surface area (Å²) in [5.74, 6) is 1.00. The van der Waals surface area contributed by atoms with E-state index in [0.717, 1.165) is 11.3 Å². The highest BCUT2D eigenvalue weighted by atomic mass is 28.3. The second-order valence-corrected chi connectivity index (χ2v) is 13.4. The second kappa shape index (κ2) is 5.17. The molecule has 0 amide bonds. The van der Waals surface area contributed by atoms with Gasteiger partial charge in [0, 0.05) is 5.56 Å². The first-order chi connectivity index (χ1) is 9.53. The summed E-state index contributed by atoms with van der Waals surface area (Å²) in [5.41, 5.74) is 0.917. The summed E-state index contributed by atoms with van der Waals surface area (Å²) in [4.78, 5) is 0. The average molecular weight is 301 g/mol. The Balaban J connectivity index is 2.50. The van der Waals surface area contributed by atoms with Gasteiger partial charge in [-0.2, -0.15) is 0 Å². The lowest BCUT2D eigenvalue weighted by Gasteiger charge is -2.41. The highest BCUT2D eigenvalue weighted by Gasteiger charge is 2.40. The molecule has 0 aliphatic carbocycles. The molecule has 0 fully saturated rings. The molecule has 21 heavy (non-hydrogen) atoms. The molecular weight excluding hydrogens is 272 g/mol. The van der Waals surface area contributed by atoms with Gasteiger partial charge >= 0.3 is 0 Å². The molecule has 2 rings (SSSR count). The number of benzene rings is 1. The molecule has 0 aromatic heterocycles. The molecule has 0 N–H and O–H groups in total. The fourth-order valence-corrected chi connectivity index (χ4v) is 4.50. The Morgan fingerprint density at radius 3 is 2.10 bits per heavy atom. The molecule has 0 saturated carbocycles. The van der Waals surface area contributed by atoms with E-state index in [1.807, 2.05) is 6.07 Å². The van der Waals surface area contributed by atoms with Gasteiger partial charge in [-0.25, -0.2) is 0 Å². The molecule has 1 aromatic carbocycles. The Morgan fingerprint density at radius 2 is 1.57 bits per heavy atom. The maximum atomic E-state index is 6.20. The van der Waals surface area contributed by atoms with Crippen molar-refractivity contribution in [3.63, 3.8) is 0 Å². The summed E-state index contributed by atoms with van der Waals surface area (Å²) in [7, 11) is -1.56. The van der Waals surface area contributed by atoms with Crippen molar-refractivity contribution in [1.82, 2.24) is 0 Å². The summed E-state index contributed by atoms with van der Waals surface area (Å²) in [6.45, 7) is 16.3. The topological polar surface area (TPSA) is 9.23 Å². The van der Waals surface area contributed by atoms with Gasteiger partial charge in [0.05, 0.1) is 8.07 Å². The lowest BCUT2D eigenvalue weighted by molar-refractivity contribution is 0.123. The molecule has 0 radical (unpaired) electrons. The van der Waals surface area contributed by atoms with Gasteiger partial charge in [0.15, 0.2) is 0 Å². The molecular formula is C19H28OSi. The Morgan fingerprint density at radius 1 is 1.00 bits per heavy atom. The third-order valence-electron chi connectivity index (χ3n) is 4.82. The van der Waals surface area contributed by atoms with Gasteiger partial charge in [-0.1, -0.05) is 69.4 Å². The molecule has 0 bridgehead atoms. The fourth-order valence-electron chi connectivity index (χ4n) is 2.44. The Labute approximate surface area is 130 Å². The lowest BCUT2D eigenvalue weighted by atomic mass is 10.0. The summed E-state index contributed by atoms with van der Waals surface area (Å²) < 4.78 is 6.20. The van der Waals surface area contributed by atoms with Crippen molar-refractivity contribution in [2.75, 3.05) is 0 Å². The first kappa shape index (κ1) is 16.1. The Hall–Kier alpha value is -1.28. The highest BCUT2D eigenvalue weighted by Crippen LogP contribution is 2.44. The van der Waals surface area contributed by atoms with Crippen molar-refractivity contribution in [3.8, 4) is 0 Å². The summed E-state index contributed by atoms with van der Waals surface area (Å²) in [6, 6.07) is 10.4. The lowest BCUT2D eigenvalue weighted by Crippen LogP contribution is -2.42. The largest absolute Gasteiger partial charge is 0.483 e. The monoisotopic (exact) mass is 300 g/mol. The number of rotatable bonds is 2. The van der Waals surface area contributed by atoms with Crippen LogP contribution in [0.5, 0.6) is 0 Å². The summed E-state index contributed by atoms with van der Waals surface area (Å²) in [5, 5.41) is 1.81. The van der Waals surface area contributed by atoms with Crippen molar-refractivity contribution < 1.29 is 4.74 Å². The van der Waals surface area contributed by atoms with Crippen LogP contribution in [0.4, 0.5) is 0 Å². The van der Waals surface area contributed by atoms with Crippen LogP contribution in [0.2, 0.25) is 18.1 Å². The SMILES string of the molecule is CC1(C)C=C([Si](C)(C)C(C)(C)C)C=C(c2ccccc2)O1. The van der Waals surface area contributed by atoms with Crippen LogP contribution >= 0.6 is 0 Å². The van der Waals surface area contributed by atoms with E-state index in [9.17, 15) is 0 Å². The van der Waals surface area contributed by atoms with Gasteiger partial charge in [-0.15, -0.1) is 0 Å². The highest BCUT2D eigenvalue weighted by molar-refractivity contribution is 6.87. The van der Waals surface area contributed by atoms with E-state index >= 15 is 0 Å². The molecule has 0 atom stereocenters. The smallest absolute Gasteiger partial charge is 0.127 e. The van der Waals surface area contributed by atoms with Gasteiger partial charge in [-0.05, 0) is 31.0 Å². The van der Waals surface area contributed by atoms with Gasteiger partial charge in [0.1, 0.15) is 11.4 Å². The van der Waals surface area contributed by atoms with E-state index in [-0.39, 0.29) is 5.60 Å². The summed E-state index contributed by atoms with van der Waals surface area (Å²) >= 11 is 0. The van der Waals surface area contributed by atoms with E-state index in [1.54, 1.807) is 0 Å². The third kappa shape index (κ3) is 3.32. The first-order valence-corrected chi connectivity index (χ1v) is 10.7. The van der Waals surface area contributed by atoms with Crippen LogP contribution in [0.25, 0.3) is 5.76 Å². The zero-order valence-corrected chi connectivity index (χ0v) is 15.4. The van der Waals surface area contributed by atoms with Crippen LogP contribution in [-0.2, 0) is 4.74 Å². The van der Waals surface area contributed by atoms with Crippen LogP contribution in [0, 0.1) is 0 Å². The minimum absolute atomic E-state index is 0.245. The standard InChI is InChI=1S/C19H28OSi/c1-18(2,3)21(6,7)16-13-17(20-19(4,5)14-16)15-11-9-8-10-12-15/h8-14H,1-7H3. The summed E-state index contributed by atoms with van der Waals surface area (Å²) in [6.07, 6.45) is 4.61. The number of hydrogen-bond acceptors (Lipinski definition) is 1. The van der Waals surface area contributed by atoms with E-state index in [2.05, 4.69) is 84.1 Å². The third-order valence-corrected chi connectivity index (χ3v) is 10.3. The molecule has 0 spiro atoms. The van der Waals surface area contributed by atoms with E-state index in [0.29, 0.717) is 5.04 Å². The molecule has 1 aliphatic rings. The maximum absolute atomic E-state index is 6.20. The van der Waals surface area contributed by atoms with Gasteiger partial charge in [-0.3, -0.25) is 0 Å². The van der Waals surface area contributed by atoms with Crippen molar-refractivity contribution in [3.05, 3.63) is 53.2 Å². The maximum Gasteiger partial charge on any atom is 0.127 e.